The summed E-state index contributed by atoms with van der Waals surface area (Å²) in [6.07, 6.45) is 9.54. The maximum Gasteiger partial charge on any atom is 0.410 e. The van der Waals surface area contributed by atoms with Crippen molar-refractivity contribution in [3.8, 4) is 11.5 Å². The third-order valence-corrected chi connectivity index (χ3v) is 18.8. The van der Waals surface area contributed by atoms with Gasteiger partial charge in [0.2, 0.25) is 0 Å². The molecule has 14 nitrogen and oxygen atoms in total. The van der Waals surface area contributed by atoms with Crippen LogP contribution in [0.5, 0.6) is 11.5 Å². The third kappa shape index (κ3) is 15.4. The van der Waals surface area contributed by atoms with E-state index in [4.69, 9.17) is 23.7 Å². The van der Waals surface area contributed by atoms with Crippen LogP contribution in [0.3, 0.4) is 0 Å². The minimum atomic E-state index is -1.43. The van der Waals surface area contributed by atoms with Gasteiger partial charge in [0.1, 0.15) is 29.6 Å². The lowest BCUT2D eigenvalue weighted by atomic mass is 9.84. The Morgan fingerprint density at radius 2 is 0.927 bits per heavy atom. The Hall–Kier alpha value is -6.00. The molecule has 0 bridgehead atoms. The molecular formula is C66H84N2O12S2. The maximum absolute atomic E-state index is 14.5. The van der Waals surface area contributed by atoms with Gasteiger partial charge in [0.15, 0.2) is 22.8 Å². The SMILES string of the molecule is CSc1ccc(C(=O)[C@H]2CN(C(=O)OC3CCC(C)CC3)C[C@@H]2Cc2cc(C)c(OC(C)(C)C(=O)OCSc3ccc(C(=O)[C@@H]4CN(C(=O)OC5CCC(C)CC5)C[C@H]4Cc4cc(C)c(OC(C)(C)C(=O)O)c(C)c4)cc3)c(C)c2)cc1. The molecule has 4 aromatic rings. The minimum Gasteiger partial charge on any atom is -0.478 e. The van der Waals surface area contributed by atoms with Crippen LogP contribution < -0.4 is 9.47 Å². The molecule has 2 aliphatic heterocycles. The molecule has 0 spiro atoms. The van der Waals surface area contributed by atoms with Gasteiger partial charge in [0, 0.05) is 58.9 Å². The quantitative estimate of drug-likeness (QED) is 0.0291. The zero-order valence-corrected chi connectivity index (χ0v) is 51.4. The van der Waals surface area contributed by atoms with Crippen molar-refractivity contribution in [2.24, 2.45) is 35.5 Å². The van der Waals surface area contributed by atoms with Crippen molar-refractivity contribution in [3.63, 3.8) is 0 Å². The average Bonchev–Trinajstić information content (AvgIpc) is 4.24. The molecule has 1 N–H and O–H groups in total. The second kappa shape index (κ2) is 26.7. The normalized spacial score (nSPS) is 23.0. The number of amides is 2. The van der Waals surface area contributed by atoms with Gasteiger partial charge in [-0.15, -0.1) is 11.8 Å². The third-order valence-electron chi connectivity index (χ3n) is 17.2. The predicted molar refractivity (Wildman–Crippen MR) is 319 cm³/mol. The van der Waals surface area contributed by atoms with Crippen molar-refractivity contribution in [2.75, 3.05) is 38.4 Å². The first-order chi connectivity index (χ1) is 38.9. The number of hydrogen-bond donors (Lipinski definition) is 1. The molecule has 8 rings (SSSR count). The predicted octanol–water partition coefficient (Wildman–Crippen LogP) is 13.7. The van der Waals surface area contributed by atoms with Gasteiger partial charge in [-0.05, 0) is 207 Å². The lowest BCUT2D eigenvalue weighted by Crippen LogP contribution is -2.40. The van der Waals surface area contributed by atoms with E-state index in [1.807, 2.05) is 94.6 Å². The highest BCUT2D eigenvalue weighted by Gasteiger charge is 2.43. The molecule has 4 aromatic carbocycles. The van der Waals surface area contributed by atoms with Crippen LogP contribution in [0, 0.1) is 63.2 Å². The highest BCUT2D eigenvalue weighted by atomic mass is 32.2. The summed E-state index contributed by atoms with van der Waals surface area (Å²) in [7, 11) is 0. The molecule has 4 fully saturated rings. The molecule has 82 heavy (non-hydrogen) atoms. The first-order valence-corrected chi connectivity index (χ1v) is 31.4. The van der Waals surface area contributed by atoms with Gasteiger partial charge >= 0.3 is 24.1 Å². The number of nitrogens with zero attached hydrogens (tertiary/aromatic N) is 2. The van der Waals surface area contributed by atoms with Gasteiger partial charge in [0.05, 0.1) is 0 Å². The Balaban J connectivity index is 0.882. The largest absolute Gasteiger partial charge is 0.478 e. The molecule has 2 heterocycles. The molecular weight excluding hydrogens is 1080 g/mol. The fraction of sp³-hybridized carbons (Fsp3) is 0.545. The monoisotopic (exact) mass is 1160 g/mol. The van der Waals surface area contributed by atoms with Crippen LogP contribution in [0.15, 0.2) is 82.6 Å². The van der Waals surface area contributed by atoms with E-state index in [2.05, 4.69) is 13.8 Å². The molecule has 442 valence electrons. The number of esters is 1. The van der Waals surface area contributed by atoms with Gasteiger partial charge in [0.25, 0.3) is 0 Å². The maximum atomic E-state index is 14.5. The number of hydrogen-bond acceptors (Lipinski definition) is 13. The Kier molecular flexibility index (Phi) is 20.2. The standard InChI is InChI=1S/C66H84N2O12S2/c1-39-12-20-51(21-13-39)77-63(74)67-34-49(55(36-67)57(69)47-16-24-53(81-11)25-17-47)33-46-30-43(5)60(44(6)31-46)80-66(9,10)62(73)76-38-82-54-26-18-48(19-27-54)58(70)56-37-68(64(75)78-52-22-14-40(2)15-23-52)35-50(56)32-45-28-41(3)59(42(4)29-45)79-65(7,8)61(71)72/h16-19,24-31,39-40,49-52,55-56H,12-15,20-23,32-38H2,1-11H3,(H,71,72)/t39?,40?,49-,50+,51?,52?,55-,56+/m0/s1. The van der Waals surface area contributed by atoms with Gasteiger partial charge in [-0.2, -0.15) is 0 Å². The number of aliphatic carboxylic acids is 1. The Morgan fingerprint density at radius 1 is 0.549 bits per heavy atom. The summed E-state index contributed by atoms with van der Waals surface area (Å²) in [6, 6.07) is 22.9. The van der Waals surface area contributed by atoms with E-state index in [1.54, 1.807) is 47.5 Å². The summed E-state index contributed by atoms with van der Waals surface area (Å²) in [5.41, 5.74) is 3.54. The minimum absolute atomic E-state index is 0.00136. The zero-order chi connectivity index (χ0) is 59.2. The molecule has 4 atom stereocenters. The second-order valence-electron chi connectivity index (χ2n) is 24.8. The number of carboxylic acid groups (broad SMARTS) is 1. The van der Waals surface area contributed by atoms with Crippen LogP contribution in [0.2, 0.25) is 0 Å². The summed E-state index contributed by atoms with van der Waals surface area (Å²) < 4.78 is 30.3. The van der Waals surface area contributed by atoms with Crippen LogP contribution in [-0.2, 0) is 36.6 Å². The topological polar surface area (TPSA) is 175 Å². The van der Waals surface area contributed by atoms with E-state index >= 15 is 0 Å². The van der Waals surface area contributed by atoms with Gasteiger partial charge in [-0.25, -0.2) is 19.2 Å². The van der Waals surface area contributed by atoms with E-state index in [-0.39, 0.29) is 54.2 Å². The van der Waals surface area contributed by atoms with Crippen molar-refractivity contribution in [1.29, 1.82) is 0 Å². The highest BCUT2D eigenvalue weighted by molar-refractivity contribution is 7.99. The lowest BCUT2D eigenvalue weighted by molar-refractivity contribution is -0.157. The highest BCUT2D eigenvalue weighted by Crippen LogP contribution is 2.38. The molecule has 0 aromatic heterocycles. The Labute approximate surface area is 493 Å². The molecule has 2 aliphatic carbocycles. The number of aryl methyl sites for hydroxylation is 4. The fourth-order valence-corrected chi connectivity index (χ4v) is 13.3. The van der Waals surface area contributed by atoms with E-state index in [0.717, 1.165) is 94.5 Å². The average molecular weight is 1160 g/mol. The number of thioether (sulfide) groups is 2. The van der Waals surface area contributed by atoms with Crippen molar-refractivity contribution < 1.29 is 57.6 Å². The summed E-state index contributed by atoms with van der Waals surface area (Å²) in [5.74, 6) is -0.649. The molecule has 16 heteroatoms. The Bertz CT molecular complexity index is 2910. The molecule has 2 saturated carbocycles. The first-order valence-electron chi connectivity index (χ1n) is 29.2. The number of carboxylic acids is 1. The van der Waals surface area contributed by atoms with Crippen molar-refractivity contribution in [2.45, 2.75) is 167 Å². The number of ketones is 2. The zero-order valence-electron chi connectivity index (χ0n) is 49.8. The summed E-state index contributed by atoms with van der Waals surface area (Å²) >= 11 is 2.93. The molecule has 4 aliphatic rings. The number of benzene rings is 4. The van der Waals surface area contributed by atoms with Gasteiger partial charge in [-0.1, -0.05) is 74.1 Å². The lowest BCUT2D eigenvalue weighted by Gasteiger charge is -2.28. The number of carbonyl (C=O) groups is 6. The van der Waals surface area contributed by atoms with Crippen LogP contribution in [0.25, 0.3) is 0 Å². The van der Waals surface area contributed by atoms with Crippen LogP contribution in [-0.4, -0.2) is 112 Å². The fourth-order valence-electron chi connectivity index (χ4n) is 12.2. The summed E-state index contributed by atoms with van der Waals surface area (Å²) in [4.78, 5) is 86.8. The summed E-state index contributed by atoms with van der Waals surface area (Å²) in [5, 5.41) is 9.72. The van der Waals surface area contributed by atoms with E-state index in [0.29, 0.717) is 66.9 Å². The summed E-state index contributed by atoms with van der Waals surface area (Å²) in [6.45, 7) is 19.8. The number of ether oxygens (including phenoxy) is 5. The number of likely N-dealkylation sites (tertiary alicyclic amines) is 2. The molecule has 2 amide bonds. The van der Waals surface area contributed by atoms with E-state index in [1.165, 1.54) is 25.6 Å². The number of Topliss-reactive ketones (excluding diaryl/α,β-unsaturated/α-hetero) is 2. The number of rotatable bonds is 20. The molecule has 0 radical (unpaired) electrons. The first kappa shape index (κ1) is 62.1. The van der Waals surface area contributed by atoms with Crippen LogP contribution in [0.1, 0.15) is 147 Å². The van der Waals surface area contributed by atoms with E-state index < -0.39 is 41.1 Å². The van der Waals surface area contributed by atoms with Crippen molar-refractivity contribution >= 4 is 59.2 Å². The number of carbonyl (C=O) groups excluding carboxylic acids is 5. The van der Waals surface area contributed by atoms with Crippen LogP contribution >= 0.6 is 23.5 Å². The van der Waals surface area contributed by atoms with Crippen LogP contribution in [0.4, 0.5) is 9.59 Å². The second-order valence-corrected chi connectivity index (χ2v) is 26.7. The van der Waals surface area contributed by atoms with Crippen molar-refractivity contribution in [3.05, 3.63) is 117 Å². The Morgan fingerprint density at radius 3 is 1.30 bits per heavy atom. The van der Waals surface area contributed by atoms with E-state index in [9.17, 15) is 33.9 Å². The van der Waals surface area contributed by atoms with Crippen molar-refractivity contribution in [1.82, 2.24) is 9.80 Å². The van der Waals surface area contributed by atoms with Gasteiger partial charge in [-0.3, -0.25) is 9.59 Å². The molecule has 2 saturated heterocycles. The smallest absolute Gasteiger partial charge is 0.410 e. The van der Waals surface area contributed by atoms with Gasteiger partial charge < -0.3 is 38.6 Å². The molecule has 0 unspecified atom stereocenters.